The molecule has 0 unspecified atom stereocenters. The van der Waals surface area contributed by atoms with Crippen LogP contribution < -0.4 is 5.32 Å². The Morgan fingerprint density at radius 3 is 2.38 bits per heavy atom. The predicted octanol–water partition coefficient (Wildman–Crippen LogP) is 6.33. The van der Waals surface area contributed by atoms with E-state index in [1.165, 1.54) is 0 Å². The van der Waals surface area contributed by atoms with Gasteiger partial charge in [-0.25, -0.2) is 9.78 Å². The molecule has 0 aliphatic carbocycles. The zero-order valence-corrected chi connectivity index (χ0v) is 20.5. The van der Waals surface area contributed by atoms with E-state index < -0.39 is 5.97 Å². The maximum absolute atomic E-state index is 13.0. The van der Waals surface area contributed by atoms with Crippen LogP contribution in [0.25, 0.3) is 22.2 Å². The standard InChI is InChI=1S/C31H27N3O3/c1-2-27(23-8-4-3-5-9-23)33-30(35)24-16-17-29-28(18-24)32-20-34(29)19-21-12-14-22(15-13-21)25-10-6-7-11-26(25)31(36)37/h3-18,20,27H,2,19H2,1H3,(H,33,35)(H,36,37)/t27-/m0/s1. The third kappa shape index (κ3) is 5.14. The molecule has 2 N–H and O–H groups in total. The SMILES string of the molecule is CC[C@H](NC(=O)c1ccc2c(c1)ncn2Cc1ccc(-c2ccccc2C(=O)O)cc1)c1ccccc1. The summed E-state index contributed by atoms with van der Waals surface area (Å²) in [7, 11) is 0. The number of rotatable bonds is 8. The van der Waals surface area contributed by atoms with Crippen LogP contribution in [-0.4, -0.2) is 26.5 Å². The highest BCUT2D eigenvalue weighted by Gasteiger charge is 2.16. The molecule has 4 aromatic carbocycles. The summed E-state index contributed by atoms with van der Waals surface area (Å²) >= 11 is 0. The highest BCUT2D eigenvalue weighted by atomic mass is 16.4. The fourth-order valence-corrected chi connectivity index (χ4v) is 4.59. The Balaban J connectivity index is 1.32. The molecule has 5 aromatic rings. The van der Waals surface area contributed by atoms with E-state index in [-0.39, 0.29) is 17.5 Å². The fraction of sp³-hybridized carbons (Fsp3) is 0.129. The van der Waals surface area contributed by atoms with Crippen LogP contribution in [0.2, 0.25) is 0 Å². The van der Waals surface area contributed by atoms with Gasteiger partial charge < -0.3 is 15.0 Å². The molecule has 1 heterocycles. The van der Waals surface area contributed by atoms with E-state index in [0.29, 0.717) is 17.7 Å². The van der Waals surface area contributed by atoms with Gasteiger partial charge in [0, 0.05) is 12.1 Å². The van der Waals surface area contributed by atoms with E-state index in [9.17, 15) is 14.7 Å². The number of benzene rings is 4. The second kappa shape index (κ2) is 10.5. The number of nitrogens with zero attached hydrogens (tertiary/aromatic N) is 2. The number of aromatic carboxylic acids is 1. The highest BCUT2D eigenvalue weighted by molar-refractivity contribution is 5.98. The summed E-state index contributed by atoms with van der Waals surface area (Å²) in [4.78, 5) is 29.1. The molecule has 0 saturated carbocycles. The molecule has 0 radical (unpaired) electrons. The largest absolute Gasteiger partial charge is 0.478 e. The van der Waals surface area contributed by atoms with Crippen LogP contribution in [0.3, 0.4) is 0 Å². The molecule has 1 atom stereocenters. The second-order valence-electron chi connectivity index (χ2n) is 8.97. The van der Waals surface area contributed by atoms with Gasteiger partial charge in [0.05, 0.1) is 29.0 Å². The van der Waals surface area contributed by atoms with Crippen molar-refractivity contribution in [1.29, 1.82) is 0 Å². The van der Waals surface area contributed by atoms with Gasteiger partial charge in [-0.1, -0.05) is 79.7 Å². The molecule has 0 saturated heterocycles. The molecule has 6 heteroatoms. The van der Waals surface area contributed by atoms with Gasteiger partial charge in [-0.3, -0.25) is 4.79 Å². The van der Waals surface area contributed by atoms with Crippen molar-refractivity contribution in [2.45, 2.75) is 25.9 Å². The molecule has 0 aliphatic rings. The minimum absolute atomic E-state index is 0.0487. The number of carbonyl (C=O) groups excluding carboxylic acids is 1. The average Bonchev–Trinajstić information content (AvgIpc) is 3.34. The van der Waals surface area contributed by atoms with Gasteiger partial charge in [0.15, 0.2) is 0 Å². The molecular formula is C31H27N3O3. The van der Waals surface area contributed by atoms with Crippen molar-refractivity contribution in [2.75, 3.05) is 0 Å². The lowest BCUT2D eigenvalue weighted by atomic mass is 9.99. The Bertz CT molecular complexity index is 1560. The first-order valence-corrected chi connectivity index (χ1v) is 12.3. The summed E-state index contributed by atoms with van der Waals surface area (Å²) < 4.78 is 2.04. The normalized spacial score (nSPS) is 11.8. The quantitative estimate of drug-likeness (QED) is 0.267. The van der Waals surface area contributed by atoms with Crippen LogP contribution in [0.5, 0.6) is 0 Å². The topological polar surface area (TPSA) is 84.2 Å². The zero-order chi connectivity index (χ0) is 25.8. The molecular weight excluding hydrogens is 462 g/mol. The van der Waals surface area contributed by atoms with E-state index in [4.69, 9.17) is 0 Å². The molecule has 5 rings (SSSR count). The minimum Gasteiger partial charge on any atom is -0.478 e. The van der Waals surface area contributed by atoms with Crippen molar-refractivity contribution in [1.82, 2.24) is 14.9 Å². The number of hydrogen-bond acceptors (Lipinski definition) is 3. The van der Waals surface area contributed by atoms with E-state index >= 15 is 0 Å². The number of carbonyl (C=O) groups is 2. The van der Waals surface area contributed by atoms with E-state index in [0.717, 1.165) is 34.1 Å². The van der Waals surface area contributed by atoms with Gasteiger partial charge in [0.1, 0.15) is 0 Å². The molecule has 1 aromatic heterocycles. The van der Waals surface area contributed by atoms with Crippen molar-refractivity contribution in [3.05, 3.63) is 126 Å². The van der Waals surface area contributed by atoms with E-state index in [1.54, 1.807) is 18.5 Å². The Morgan fingerprint density at radius 2 is 1.65 bits per heavy atom. The van der Waals surface area contributed by atoms with Crippen LogP contribution >= 0.6 is 0 Å². The van der Waals surface area contributed by atoms with Gasteiger partial charge in [-0.05, 0) is 52.9 Å². The number of aromatic nitrogens is 2. The zero-order valence-electron chi connectivity index (χ0n) is 20.5. The number of fused-ring (bicyclic) bond motifs is 1. The van der Waals surface area contributed by atoms with Crippen molar-refractivity contribution in [3.63, 3.8) is 0 Å². The number of imidazole rings is 1. The number of nitrogens with one attached hydrogen (secondary N) is 1. The molecule has 0 fully saturated rings. The first-order chi connectivity index (χ1) is 18.0. The highest BCUT2D eigenvalue weighted by Crippen LogP contribution is 2.25. The molecule has 37 heavy (non-hydrogen) atoms. The Kier molecular flexibility index (Phi) is 6.81. The Morgan fingerprint density at radius 1 is 0.919 bits per heavy atom. The van der Waals surface area contributed by atoms with Crippen molar-refractivity contribution in [3.8, 4) is 11.1 Å². The lowest BCUT2D eigenvalue weighted by Gasteiger charge is -2.17. The van der Waals surface area contributed by atoms with Gasteiger partial charge in [0.25, 0.3) is 5.91 Å². The lowest BCUT2D eigenvalue weighted by molar-refractivity contribution is 0.0697. The summed E-state index contributed by atoms with van der Waals surface area (Å²) in [5, 5.41) is 12.6. The summed E-state index contributed by atoms with van der Waals surface area (Å²) in [5.41, 5.74) is 6.25. The van der Waals surface area contributed by atoms with Crippen molar-refractivity contribution in [2.24, 2.45) is 0 Å². The number of carboxylic acid groups (broad SMARTS) is 1. The number of hydrogen-bond donors (Lipinski definition) is 2. The molecule has 1 amide bonds. The summed E-state index contributed by atoms with van der Waals surface area (Å²) in [6, 6.07) is 30.4. The number of carboxylic acids is 1. The second-order valence-corrected chi connectivity index (χ2v) is 8.97. The molecule has 6 nitrogen and oxygen atoms in total. The first kappa shape index (κ1) is 24.0. The minimum atomic E-state index is -0.942. The predicted molar refractivity (Wildman–Crippen MR) is 145 cm³/mol. The van der Waals surface area contributed by atoms with Gasteiger partial charge in [-0.15, -0.1) is 0 Å². The van der Waals surface area contributed by atoms with Crippen LogP contribution in [0.1, 0.15) is 51.2 Å². The smallest absolute Gasteiger partial charge is 0.336 e. The van der Waals surface area contributed by atoms with Crippen molar-refractivity contribution < 1.29 is 14.7 Å². The maximum Gasteiger partial charge on any atom is 0.336 e. The third-order valence-electron chi connectivity index (χ3n) is 6.57. The van der Waals surface area contributed by atoms with Gasteiger partial charge in [-0.2, -0.15) is 0 Å². The summed E-state index contributed by atoms with van der Waals surface area (Å²) in [6.07, 6.45) is 2.58. The monoisotopic (exact) mass is 489 g/mol. The van der Waals surface area contributed by atoms with Crippen LogP contribution in [0.15, 0.2) is 103 Å². The summed E-state index contributed by atoms with van der Waals surface area (Å²) in [5.74, 6) is -1.06. The van der Waals surface area contributed by atoms with Gasteiger partial charge in [0.2, 0.25) is 0 Å². The van der Waals surface area contributed by atoms with Crippen LogP contribution in [-0.2, 0) is 6.54 Å². The van der Waals surface area contributed by atoms with E-state index in [2.05, 4.69) is 17.2 Å². The summed E-state index contributed by atoms with van der Waals surface area (Å²) in [6.45, 7) is 2.66. The molecule has 184 valence electrons. The average molecular weight is 490 g/mol. The maximum atomic E-state index is 13.0. The van der Waals surface area contributed by atoms with Crippen LogP contribution in [0, 0.1) is 0 Å². The van der Waals surface area contributed by atoms with Crippen molar-refractivity contribution >= 4 is 22.9 Å². The van der Waals surface area contributed by atoms with E-state index in [1.807, 2.05) is 89.5 Å². The lowest BCUT2D eigenvalue weighted by Crippen LogP contribution is -2.28. The Hall–Kier alpha value is -4.71. The first-order valence-electron chi connectivity index (χ1n) is 12.3. The number of amides is 1. The Labute approximate surface area is 215 Å². The molecule has 0 spiro atoms. The third-order valence-corrected chi connectivity index (χ3v) is 6.57. The fourth-order valence-electron chi connectivity index (χ4n) is 4.59. The molecule has 0 bridgehead atoms. The van der Waals surface area contributed by atoms with Gasteiger partial charge >= 0.3 is 5.97 Å². The van der Waals surface area contributed by atoms with Crippen LogP contribution in [0.4, 0.5) is 0 Å². The molecule has 0 aliphatic heterocycles.